The number of carbonyl (C=O) groups is 1. The first kappa shape index (κ1) is 16.0. The van der Waals surface area contributed by atoms with E-state index in [9.17, 15) is 9.90 Å². The first-order valence-electron chi connectivity index (χ1n) is 6.73. The Bertz CT molecular complexity index is 570. The number of ether oxygens (including phenoxy) is 1. The van der Waals surface area contributed by atoms with Crippen molar-refractivity contribution in [2.24, 2.45) is 0 Å². The third-order valence-corrected chi connectivity index (χ3v) is 4.07. The van der Waals surface area contributed by atoms with Crippen LogP contribution in [0.15, 0.2) is 12.1 Å². The second kappa shape index (κ2) is 6.58. The van der Waals surface area contributed by atoms with Crippen LogP contribution in [-0.2, 0) is 4.74 Å². The van der Waals surface area contributed by atoms with Crippen LogP contribution in [0.1, 0.15) is 28.4 Å². The second-order valence-electron chi connectivity index (χ2n) is 5.49. The summed E-state index contributed by atoms with van der Waals surface area (Å²) in [6.07, 6.45) is -0.355. The predicted molar refractivity (Wildman–Crippen MR) is 80.2 cm³/mol. The van der Waals surface area contributed by atoms with Crippen LogP contribution in [0.25, 0.3) is 0 Å². The molecule has 1 aromatic rings. The number of nitrogens with zero attached hydrogens (tertiary/aromatic N) is 1. The smallest absolute Gasteiger partial charge is 0.264 e. The molecule has 0 bridgehead atoms. The number of aliphatic hydroxyl groups excluding tert-OH is 2. The number of thiophene rings is 1. The molecule has 0 aliphatic carbocycles. The van der Waals surface area contributed by atoms with E-state index in [1.165, 1.54) is 11.3 Å². The number of rotatable bonds is 2. The zero-order valence-electron chi connectivity index (χ0n) is 12.1. The summed E-state index contributed by atoms with van der Waals surface area (Å²) in [5.74, 6) is 5.28. The Labute approximate surface area is 128 Å². The van der Waals surface area contributed by atoms with E-state index in [1.807, 2.05) is 13.8 Å². The van der Waals surface area contributed by atoms with E-state index in [0.29, 0.717) is 18.0 Å². The van der Waals surface area contributed by atoms with E-state index in [-0.39, 0.29) is 25.2 Å². The van der Waals surface area contributed by atoms with Gasteiger partial charge in [-0.1, -0.05) is 11.8 Å². The summed E-state index contributed by atoms with van der Waals surface area (Å²) in [6, 6.07) is 3.51. The third kappa shape index (κ3) is 4.05. The third-order valence-electron chi connectivity index (χ3n) is 3.08. The molecular formula is C15H19NO4S. The zero-order valence-corrected chi connectivity index (χ0v) is 12.9. The van der Waals surface area contributed by atoms with Gasteiger partial charge in [0, 0.05) is 13.1 Å². The van der Waals surface area contributed by atoms with Crippen molar-refractivity contribution in [3.8, 4) is 11.8 Å². The van der Waals surface area contributed by atoms with Crippen LogP contribution in [0, 0.1) is 11.8 Å². The van der Waals surface area contributed by atoms with Gasteiger partial charge in [0.1, 0.15) is 6.61 Å². The molecule has 114 valence electrons. The summed E-state index contributed by atoms with van der Waals surface area (Å²) in [5, 5.41) is 18.0. The van der Waals surface area contributed by atoms with Crippen molar-refractivity contribution in [2.45, 2.75) is 25.6 Å². The van der Waals surface area contributed by atoms with Gasteiger partial charge < -0.3 is 19.8 Å². The summed E-state index contributed by atoms with van der Waals surface area (Å²) in [4.78, 5) is 15.6. The van der Waals surface area contributed by atoms with E-state index in [4.69, 9.17) is 9.84 Å². The monoisotopic (exact) mass is 309 g/mol. The average Bonchev–Trinajstić information content (AvgIpc) is 2.91. The van der Waals surface area contributed by atoms with Gasteiger partial charge in [-0.3, -0.25) is 4.79 Å². The fraction of sp³-hybridized carbons (Fsp3) is 0.533. The lowest BCUT2D eigenvalue weighted by atomic mass is 10.1. The number of carbonyl (C=O) groups excluding carboxylic acids is 1. The van der Waals surface area contributed by atoms with Crippen LogP contribution in [0.2, 0.25) is 0 Å². The van der Waals surface area contributed by atoms with Crippen molar-refractivity contribution >= 4 is 17.2 Å². The summed E-state index contributed by atoms with van der Waals surface area (Å²) < 4.78 is 5.71. The highest BCUT2D eigenvalue weighted by atomic mass is 32.1. The van der Waals surface area contributed by atoms with Gasteiger partial charge >= 0.3 is 0 Å². The molecule has 2 N–H and O–H groups in total. The van der Waals surface area contributed by atoms with Crippen LogP contribution in [0.4, 0.5) is 0 Å². The zero-order chi connectivity index (χ0) is 15.5. The summed E-state index contributed by atoms with van der Waals surface area (Å²) >= 11 is 1.30. The normalized spacial score (nSPS) is 20.8. The standard InChI is InChI=1S/C15H19NO4S/c1-15(2)10-16(8-11(9-18)20-15)14(19)13-6-5-12(21-13)4-3-7-17/h5-6,11,17-18H,7-10H2,1-2H3. The van der Waals surface area contributed by atoms with Gasteiger partial charge in [-0.2, -0.15) is 0 Å². The highest BCUT2D eigenvalue weighted by Crippen LogP contribution is 2.24. The van der Waals surface area contributed by atoms with E-state index < -0.39 is 5.60 Å². The number of hydrogen-bond donors (Lipinski definition) is 2. The van der Waals surface area contributed by atoms with Crippen molar-refractivity contribution in [3.63, 3.8) is 0 Å². The van der Waals surface area contributed by atoms with Crippen LogP contribution in [-0.4, -0.2) is 59.0 Å². The van der Waals surface area contributed by atoms with Gasteiger partial charge in [-0.15, -0.1) is 11.3 Å². The number of aliphatic hydroxyl groups is 2. The molecule has 5 nitrogen and oxygen atoms in total. The molecule has 6 heteroatoms. The SMILES string of the molecule is CC1(C)CN(C(=O)c2ccc(C#CCO)s2)CC(CO)O1. The molecule has 0 spiro atoms. The fourth-order valence-electron chi connectivity index (χ4n) is 2.35. The molecule has 2 rings (SSSR count). The van der Waals surface area contributed by atoms with Crippen molar-refractivity contribution in [3.05, 3.63) is 21.9 Å². The van der Waals surface area contributed by atoms with Crippen molar-refractivity contribution in [1.82, 2.24) is 4.90 Å². The molecule has 1 aliphatic heterocycles. The Balaban J connectivity index is 2.13. The molecule has 1 atom stereocenters. The Kier molecular flexibility index (Phi) is 5.01. The Morgan fingerprint density at radius 2 is 2.29 bits per heavy atom. The fourth-order valence-corrected chi connectivity index (χ4v) is 3.20. The van der Waals surface area contributed by atoms with Gasteiger partial charge in [0.05, 0.1) is 28.1 Å². The second-order valence-corrected chi connectivity index (χ2v) is 6.58. The molecular weight excluding hydrogens is 290 g/mol. The Morgan fingerprint density at radius 1 is 1.52 bits per heavy atom. The molecule has 1 fully saturated rings. The van der Waals surface area contributed by atoms with Crippen molar-refractivity contribution < 1.29 is 19.7 Å². The Morgan fingerprint density at radius 3 is 2.95 bits per heavy atom. The molecule has 1 saturated heterocycles. The van der Waals surface area contributed by atoms with Gasteiger partial charge in [0.25, 0.3) is 5.91 Å². The largest absolute Gasteiger partial charge is 0.394 e. The van der Waals surface area contributed by atoms with Crippen molar-refractivity contribution in [1.29, 1.82) is 0 Å². The molecule has 1 aliphatic rings. The number of hydrogen-bond acceptors (Lipinski definition) is 5. The maximum atomic E-state index is 12.5. The van der Waals surface area contributed by atoms with Gasteiger partial charge in [-0.05, 0) is 26.0 Å². The van der Waals surface area contributed by atoms with E-state index in [0.717, 1.165) is 4.88 Å². The maximum absolute atomic E-state index is 12.5. The Hall–Kier alpha value is -1.39. The first-order chi connectivity index (χ1) is 9.95. The lowest BCUT2D eigenvalue weighted by Gasteiger charge is -2.42. The van der Waals surface area contributed by atoms with E-state index >= 15 is 0 Å². The number of morpholine rings is 1. The topological polar surface area (TPSA) is 70.0 Å². The minimum Gasteiger partial charge on any atom is -0.394 e. The molecule has 1 amide bonds. The summed E-state index contributed by atoms with van der Waals surface area (Å²) in [5.41, 5.74) is -0.474. The summed E-state index contributed by atoms with van der Waals surface area (Å²) in [6.45, 7) is 4.37. The van der Waals surface area contributed by atoms with Crippen LogP contribution < -0.4 is 0 Å². The van der Waals surface area contributed by atoms with Gasteiger partial charge in [-0.25, -0.2) is 0 Å². The predicted octanol–water partition coefficient (Wildman–Crippen LogP) is 0.704. The lowest BCUT2D eigenvalue weighted by molar-refractivity contribution is -0.139. The number of amides is 1. The highest BCUT2D eigenvalue weighted by molar-refractivity contribution is 7.14. The van der Waals surface area contributed by atoms with Gasteiger partial charge in [0.2, 0.25) is 0 Å². The van der Waals surface area contributed by atoms with Crippen LogP contribution in [0.5, 0.6) is 0 Å². The van der Waals surface area contributed by atoms with Gasteiger partial charge in [0.15, 0.2) is 0 Å². The quantitative estimate of drug-likeness (QED) is 0.789. The molecule has 0 radical (unpaired) electrons. The average molecular weight is 309 g/mol. The minimum atomic E-state index is -0.474. The summed E-state index contributed by atoms with van der Waals surface area (Å²) in [7, 11) is 0. The molecule has 21 heavy (non-hydrogen) atoms. The molecule has 2 heterocycles. The van der Waals surface area contributed by atoms with Crippen molar-refractivity contribution in [2.75, 3.05) is 26.3 Å². The minimum absolute atomic E-state index is 0.0770. The highest BCUT2D eigenvalue weighted by Gasteiger charge is 2.35. The van der Waals surface area contributed by atoms with E-state index in [2.05, 4.69) is 11.8 Å². The van der Waals surface area contributed by atoms with Crippen LogP contribution in [0.3, 0.4) is 0 Å². The molecule has 1 unspecified atom stereocenters. The molecule has 0 aromatic carbocycles. The maximum Gasteiger partial charge on any atom is 0.264 e. The van der Waals surface area contributed by atoms with Crippen LogP contribution >= 0.6 is 11.3 Å². The molecule has 1 aromatic heterocycles. The lowest BCUT2D eigenvalue weighted by Crippen LogP contribution is -2.55. The first-order valence-corrected chi connectivity index (χ1v) is 7.54. The van der Waals surface area contributed by atoms with E-state index in [1.54, 1.807) is 17.0 Å². The molecule has 0 saturated carbocycles.